The fourth-order valence-electron chi connectivity index (χ4n) is 12.1. The molecule has 0 saturated carbocycles. The second kappa shape index (κ2) is 27.6. The lowest BCUT2D eigenvalue weighted by molar-refractivity contribution is -0.163. The van der Waals surface area contributed by atoms with Gasteiger partial charge in [-0.1, -0.05) is 54.6 Å². The largest absolute Gasteiger partial charge is 0.464 e. The van der Waals surface area contributed by atoms with Gasteiger partial charge in [0.1, 0.15) is 39.2 Å². The molecule has 0 spiro atoms. The molecular weight excluding hydrogens is 1120 g/mol. The van der Waals surface area contributed by atoms with Gasteiger partial charge in [-0.2, -0.15) is 0 Å². The highest BCUT2D eigenvalue weighted by Crippen LogP contribution is 2.36. The van der Waals surface area contributed by atoms with Gasteiger partial charge in [-0.15, -0.1) is 0 Å². The average Bonchev–Trinajstić information content (AvgIpc) is 1.89. The molecule has 88 heavy (non-hydrogen) atoms. The minimum Gasteiger partial charge on any atom is -0.464 e. The Balaban J connectivity index is 1.20. The van der Waals surface area contributed by atoms with Gasteiger partial charge < -0.3 is 47.5 Å². The Hall–Kier alpha value is -6.62. The fraction of sp³-hybridized carbons (Fsp3) is 0.634. The molecule has 3 saturated heterocycles. The molecule has 484 valence electrons. The minimum atomic E-state index is -0.717. The van der Waals surface area contributed by atoms with Crippen LogP contribution in [0.25, 0.3) is 11.0 Å². The van der Waals surface area contributed by atoms with E-state index < -0.39 is 69.6 Å². The number of esters is 3. The lowest BCUT2D eigenvalue weighted by Crippen LogP contribution is -2.38. The number of hydrogen-bond donors (Lipinski definition) is 0. The van der Waals surface area contributed by atoms with E-state index in [2.05, 4.69) is 35.2 Å². The molecule has 0 aliphatic carbocycles. The van der Waals surface area contributed by atoms with E-state index in [0.29, 0.717) is 103 Å². The molecule has 3 amide bonds. The number of amides is 3. The maximum atomic E-state index is 14.2. The van der Waals surface area contributed by atoms with Gasteiger partial charge in [-0.3, -0.25) is 19.3 Å². The summed E-state index contributed by atoms with van der Waals surface area (Å²) in [7, 11) is 0. The molecule has 3 aromatic carbocycles. The number of nitrogens with zero attached hydrogens (tertiary/aromatic N) is 4. The Morgan fingerprint density at radius 2 is 0.750 bits per heavy atom. The van der Waals surface area contributed by atoms with Crippen LogP contribution in [-0.2, 0) is 81.7 Å². The topological polar surface area (TPSA) is 184 Å². The fourth-order valence-corrected chi connectivity index (χ4v) is 12.1. The van der Waals surface area contributed by atoms with Gasteiger partial charge in [0.15, 0.2) is 0 Å². The van der Waals surface area contributed by atoms with Gasteiger partial charge in [-0.25, -0.2) is 14.4 Å². The van der Waals surface area contributed by atoms with E-state index in [1.165, 1.54) is 0 Å². The van der Waals surface area contributed by atoms with E-state index in [0.717, 1.165) is 38.8 Å². The highest BCUT2D eigenvalue weighted by Gasteiger charge is 2.43. The second-order valence-corrected chi connectivity index (χ2v) is 30.8. The van der Waals surface area contributed by atoms with E-state index in [1.54, 1.807) is 21.0 Å². The summed E-state index contributed by atoms with van der Waals surface area (Å²) in [4.78, 5) is 89.8. The van der Waals surface area contributed by atoms with Gasteiger partial charge in [0.05, 0.1) is 24.0 Å². The predicted molar refractivity (Wildman–Crippen MR) is 339 cm³/mol. The first-order valence-electron chi connectivity index (χ1n) is 31.7. The monoisotopic (exact) mass is 1220 g/mol. The second-order valence-electron chi connectivity index (χ2n) is 30.8. The third kappa shape index (κ3) is 21.0. The van der Waals surface area contributed by atoms with Crippen LogP contribution in [0.2, 0.25) is 0 Å². The summed E-state index contributed by atoms with van der Waals surface area (Å²) in [5, 5.41) is 0.907. The summed E-state index contributed by atoms with van der Waals surface area (Å²) in [5.74, 6) is -2.92. The number of rotatable bonds is 18. The number of carbonyl (C=O) groups is 6. The summed E-state index contributed by atoms with van der Waals surface area (Å²) in [6, 6.07) is 22.7. The number of hydrogen-bond acceptors (Lipinski definition) is 14. The third-order valence-electron chi connectivity index (χ3n) is 15.7. The maximum absolute atomic E-state index is 14.2. The van der Waals surface area contributed by atoms with Crippen LogP contribution in [0.1, 0.15) is 177 Å². The first kappa shape index (κ1) is 68.9. The van der Waals surface area contributed by atoms with E-state index in [9.17, 15) is 28.8 Å². The van der Waals surface area contributed by atoms with E-state index >= 15 is 0 Å². The number of carbonyl (C=O) groups excluding carboxylic acids is 6. The molecule has 1 aromatic heterocycles. The van der Waals surface area contributed by atoms with Crippen molar-refractivity contribution >= 4 is 47.2 Å². The van der Waals surface area contributed by atoms with Crippen molar-refractivity contribution in [3.63, 3.8) is 0 Å². The average molecular weight is 1220 g/mol. The van der Waals surface area contributed by atoms with Crippen LogP contribution >= 0.6 is 0 Å². The van der Waals surface area contributed by atoms with Crippen molar-refractivity contribution in [1.82, 2.24) is 19.6 Å². The molecule has 3 aliphatic heterocycles. The summed E-state index contributed by atoms with van der Waals surface area (Å²) in [6.45, 7) is 37.5. The van der Waals surface area contributed by atoms with Crippen LogP contribution in [0.15, 0.2) is 77.4 Å². The Morgan fingerprint density at radius 1 is 0.432 bits per heavy atom. The lowest BCUT2D eigenvalue weighted by Gasteiger charge is -2.28. The van der Waals surface area contributed by atoms with Crippen LogP contribution in [0, 0.1) is 35.5 Å². The summed E-state index contributed by atoms with van der Waals surface area (Å²) in [6.07, 6.45) is 3.73. The summed E-state index contributed by atoms with van der Waals surface area (Å²) < 4.78 is 41.7. The van der Waals surface area contributed by atoms with Crippen molar-refractivity contribution in [2.75, 3.05) is 39.3 Å². The molecular formula is C71H102N4O13. The van der Waals surface area contributed by atoms with Crippen molar-refractivity contribution in [1.29, 1.82) is 0 Å². The van der Waals surface area contributed by atoms with Crippen molar-refractivity contribution in [3.05, 3.63) is 106 Å². The highest BCUT2D eigenvalue weighted by atomic mass is 16.6. The quantitative estimate of drug-likeness (QED) is 0.0677. The zero-order chi connectivity index (χ0) is 64.9. The molecule has 0 N–H and O–H groups in total. The van der Waals surface area contributed by atoms with Gasteiger partial charge >= 0.3 is 36.2 Å². The van der Waals surface area contributed by atoms with Crippen molar-refractivity contribution in [2.45, 2.75) is 216 Å². The molecule has 0 radical (unpaired) electrons. The molecule has 4 heterocycles. The number of ether oxygens (including phenoxy) is 6. The minimum absolute atomic E-state index is 0.147. The molecule has 6 atom stereocenters. The Kier molecular flexibility index (Phi) is 21.6. The SMILES string of the molecule is CC(C)(C)OC(=O)[C@@H](Cc1cccc(CN(Cc2cccc(C[C@H](C(=O)OC(C)(C)C)[C@H]3CCN(C(=O)OC(C)(C)C)C3)c2)Cc2coc3ccc(C[C@H](C(=O)OC(C)(C)C)[C@H]4CCN(C(=O)OC(C)(C)C)C4)cc23)c1)[C@H]1CCN(C(=O)OC(C)(C)C)C1. The van der Waals surface area contributed by atoms with Crippen LogP contribution in [-0.4, -0.2) is 129 Å². The molecule has 4 aromatic rings. The Labute approximate surface area is 523 Å². The van der Waals surface area contributed by atoms with Gasteiger partial charge in [0, 0.05) is 69.9 Å². The molecule has 3 fully saturated rings. The van der Waals surface area contributed by atoms with Crippen molar-refractivity contribution in [3.8, 4) is 0 Å². The number of fused-ring (bicyclic) bond motifs is 1. The van der Waals surface area contributed by atoms with E-state index in [-0.39, 0.29) is 35.7 Å². The number of likely N-dealkylation sites (tertiary alicyclic amines) is 3. The maximum Gasteiger partial charge on any atom is 0.410 e. The molecule has 7 rings (SSSR count). The van der Waals surface area contributed by atoms with Gasteiger partial charge in [0.2, 0.25) is 0 Å². The third-order valence-corrected chi connectivity index (χ3v) is 15.7. The molecule has 0 unspecified atom stereocenters. The predicted octanol–water partition coefficient (Wildman–Crippen LogP) is 13.9. The summed E-state index contributed by atoms with van der Waals surface area (Å²) >= 11 is 0. The van der Waals surface area contributed by atoms with Crippen LogP contribution in [0.5, 0.6) is 0 Å². The molecule has 3 aliphatic rings. The summed E-state index contributed by atoms with van der Waals surface area (Å²) in [5.41, 5.74) is 2.42. The van der Waals surface area contributed by atoms with Crippen molar-refractivity contribution < 1.29 is 61.6 Å². The molecule has 0 bridgehead atoms. The van der Waals surface area contributed by atoms with Crippen LogP contribution in [0.3, 0.4) is 0 Å². The van der Waals surface area contributed by atoms with Crippen LogP contribution in [0.4, 0.5) is 14.4 Å². The standard InChI is InChI=1S/C71H102N4O13/c1-66(2,3)83-60(76)56(51-27-30-73(42-51)63(79)86-69(10,11)12)36-46-21-19-23-49(33-46)39-72(40-50-24-20-22-47(34-50)37-57(61(77)84-67(4,5)6)52-28-31-74(43-52)64(80)87-70(13,14)15)41-54-45-82-59-26-25-48(35-55(54)59)38-58(62(78)85-68(7,8)9)53-29-32-75(44-53)65(81)88-71(16,17)18/h19-26,33-35,45,51-53,56-58H,27-32,36-44H2,1-18H3/t51-,52-,53-,56-,57-,58-/m0/s1. The van der Waals surface area contributed by atoms with Crippen molar-refractivity contribution in [2.24, 2.45) is 35.5 Å². The Bertz CT molecular complexity index is 2960. The van der Waals surface area contributed by atoms with Crippen LogP contribution < -0.4 is 0 Å². The Morgan fingerprint density at radius 3 is 1.08 bits per heavy atom. The molecule has 17 nitrogen and oxygen atoms in total. The normalized spacial score (nSPS) is 18.9. The van der Waals surface area contributed by atoms with Gasteiger partial charge in [-0.05, 0) is 221 Å². The first-order valence-corrected chi connectivity index (χ1v) is 31.7. The zero-order valence-electron chi connectivity index (χ0n) is 56.1. The first-order chi connectivity index (χ1) is 40.7. The van der Waals surface area contributed by atoms with Gasteiger partial charge in [0.25, 0.3) is 0 Å². The number of furan rings is 1. The van der Waals surface area contributed by atoms with E-state index in [4.69, 9.17) is 32.8 Å². The van der Waals surface area contributed by atoms with E-state index in [1.807, 2.05) is 161 Å². The highest BCUT2D eigenvalue weighted by molar-refractivity contribution is 5.82. The lowest BCUT2D eigenvalue weighted by atomic mass is 9.85. The molecule has 17 heteroatoms. The zero-order valence-corrected chi connectivity index (χ0v) is 56.1. The smallest absolute Gasteiger partial charge is 0.410 e. The number of benzene rings is 3.